The van der Waals surface area contributed by atoms with Gasteiger partial charge in [-0.1, -0.05) is 72.5 Å². The molecule has 0 unspecified atom stereocenters. The molecule has 0 bridgehead atoms. The number of amides is 1. The van der Waals surface area contributed by atoms with Crippen molar-refractivity contribution in [3.8, 4) is 11.5 Å². The number of ether oxygens (including phenoxy) is 1. The van der Waals surface area contributed by atoms with Crippen LogP contribution < -0.4 is 8.92 Å². The predicted molar refractivity (Wildman–Crippen MR) is 144 cm³/mol. The molecule has 12 heteroatoms. The molecular formula is C25H20N2O7S3. The summed E-state index contributed by atoms with van der Waals surface area (Å²) in [6, 6.07) is 18.8. The number of carbonyl (C=O) groups is 1. The third-order valence-corrected chi connectivity index (χ3v) is 7.81. The molecule has 1 aliphatic heterocycles. The van der Waals surface area contributed by atoms with E-state index in [1.165, 1.54) is 40.9 Å². The Labute approximate surface area is 223 Å². The van der Waals surface area contributed by atoms with E-state index in [1.54, 1.807) is 19.1 Å². The Bertz CT molecular complexity index is 1510. The van der Waals surface area contributed by atoms with E-state index in [0.717, 1.165) is 17.7 Å². The first-order chi connectivity index (χ1) is 17.7. The highest BCUT2D eigenvalue weighted by atomic mass is 32.2. The Kier molecular flexibility index (Phi) is 7.91. The van der Waals surface area contributed by atoms with Crippen molar-refractivity contribution in [3.05, 3.63) is 98.9 Å². The van der Waals surface area contributed by atoms with Gasteiger partial charge in [0.15, 0.2) is 16.4 Å². The van der Waals surface area contributed by atoms with Crippen molar-refractivity contribution in [2.45, 2.75) is 18.4 Å². The molecular weight excluding hydrogens is 536 g/mol. The zero-order valence-corrected chi connectivity index (χ0v) is 21.8. The van der Waals surface area contributed by atoms with Gasteiger partial charge < -0.3 is 8.92 Å². The maximum absolute atomic E-state index is 13.0. The molecule has 4 rings (SSSR count). The van der Waals surface area contributed by atoms with Crippen molar-refractivity contribution >= 4 is 56.1 Å². The fourth-order valence-corrected chi connectivity index (χ4v) is 5.85. The van der Waals surface area contributed by atoms with Gasteiger partial charge in [-0.25, -0.2) is 0 Å². The van der Waals surface area contributed by atoms with Crippen LogP contribution >= 0.6 is 24.0 Å². The zero-order valence-electron chi connectivity index (χ0n) is 19.4. The molecule has 1 saturated heterocycles. The third kappa shape index (κ3) is 5.98. The lowest BCUT2D eigenvalue weighted by Gasteiger charge is -2.14. The maximum Gasteiger partial charge on any atom is 0.346 e. The van der Waals surface area contributed by atoms with Crippen molar-refractivity contribution < 1.29 is 27.1 Å². The minimum atomic E-state index is -4.54. The molecule has 190 valence electrons. The molecule has 0 radical (unpaired) electrons. The monoisotopic (exact) mass is 556 g/mol. The van der Waals surface area contributed by atoms with E-state index in [2.05, 4.69) is 0 Å². The first-order valence-corrected chi connectivity index (χ1v) is 13.6. The quantitative estimate of drug-likeness (QED) is 0.116. The zero-order chi connectivity index (χ0) is 26.6. The van der Waals surface area contributed by atoms with Crippen LogP contribution in [0.15, 0.2) is 82.6 Å². The number of nitrogens with zero attached hydrogens (tertiary/aromatic N) is 2. The molecule has 0 N–H and O–H groups in total. The van der Waals surface area contributed by atoms with E-state index in [1.807, 2.05) is 30.3 Å². The molecule has 1 fully saturated rings. The Balaban J connectivity index is 1.60. The Morgan fingerprint density at radius 3 is 2.46 bits per heavy atom. The Morgan fingerprint density at radius 1 is 1.05 bits per heavy atom. The molecule has 1 heterocycles. The van der Waals surface area contributed by atoms with Gasteiger partial charge in [0.1, 0.15) is 4.32 Å². The Hall–Kier alpha value is -3.74. The van der Waals surface area contributed by atoms with Gasteiger partial charge in [0.2, 0.25) is 0 Å². The van der Waals surface area contributed by atoms with Gasteiger partial charge in [-0.2, -0.15) is 8.42 Å². The predicted octanol–water partition coefficient (Wildman–Crippen LogP) is 5.16. The van der Waals surface area contributed by atoms with E-state index >= 15 is 0 Å². The summed E-state index contributed by atoms with van der Waals surface area (Å²) in [6.07, 6.45) is 1.63. The fraction of sp³-hybridized carbons (Fsp3) is 0.120. The summed E-state index contributed by atoms with van der Waals surface area (Å²) in [5.41, 5.74) is 0.897. The van der Waals surface area contributed by atoms with Crippen LogP contribution in [-0.4, -0.2) is 35.1 Å². The number of carbonyl (C=O) groups excluding carboxylic acids is 1. The van der Waals surface area contributed by atoms with Crippen LogP contribution in [0.1, 0.15) is 18.1 Å². The summed E-state index contributed by atoms with van der Waals surface area (Å²) >= 11 is 6.57. The van der Waals surface area contributed by atoms with Crippen LogP contribution in [0, 0.1) is 10.1 Å². The third-order valence-electron chi connectivity index (χ3n) is 5.15. The number of rotatable bonds is 9. The smallest absolute Gasteiger partial charge is 0.346 e. The minimum Gasteiger partial charge on any atom is -0.490 e. The second kappa shape index (κ2) is 11.1. The number of nitro groups is 1. The van der Waals surface area contributed by atoms with Crippen LogP contribution in [0.25, 0.3) is 6.08 Å². The number of para-hydroxylation sites is 1. The number of hydrogen-bond acceptors (Lipinski definition) is 9. The first-order valence-electron chi connectivity index (χ1n) is 10.9. The summed E-state index contributed by atoms with van der Waals surface area (Å²) in [4.78, 5) is 24.8. The number of thiocarbonyl (C=S) groups is 1. The number of benzene rings is 3. The van der Waals surface area contributed by atoms with Crippen molar-refractivity contribution in [1.82, 2.24) is 4.90 Å². The maximum atomic E-state index is 13.0. The van der Waals surface area contributed by atoms with Gasteiger partial charge in [-0.3, -0.25) is 19.8 Å². The highest BCUT2D eigenvalue weighted by molar-refractivity contribution is 8.26. The van der Waals surface area contributed by atoms with E-state index in [9.17, 15) is 23.3 Å². The van der Waals surface area contributed by atoms with Crippen molar-refractivity contribution in [2.24, 2.45) is 0 Å². The normalized spacial score (nSPS) is 14.7. The molecule has 0 spiro atoms. The summed E-state index contributed by atoms with van der Waals surface area (Å²) in [5, 5.41) is 11.3. The highest BCUT2D eigenvalue weighted by Crippen LogP contribution is 2.37. The van der Waals surface area contributed by atoms with Crippen LogP contribution in [-0.2, 0) is 21.5 Å². The summed E-state index contributed by atoms with van der Waals surface area (Å²) in [5.74, 6) is -0.289. The number of hydrogen-bond donors (Lipinski definition) is 0. The highest BCUT2D eigenvalue weighted by Gasteiger charge is 2.32. The van der Waals surface area contributed by atoms with E-state index < -0.39 is 25.6 Å². The van der Waals surface area contributed by atoms with Gasteiger partial charge in [-0.05, 0) is 42.3 Å². The van der Waals surface area contributed by atoms with E-state index in [-0.39, 0.29) is 24.0 Å². The standard InChI is InChI=1S/C25H20N2O7S3/c1-2-33-21-14-18(15-22-24(28)26(25(35)36-22)16-17-8-4-3-5-9-17)12-13-20(21)34-37(31,32)23-11-7-6-10-19(23)27(29)30/h3-15H,2,16H2,1H3/b22-15-. The average Bonchev–Trinajstić information content (AvgIpc) is 3.13. The molecule has 9 nitrogen and oxygen atoms in total. The van der Waals surface area contributed by atoms with Crippen LogP contribution in [0.3, 0.4) is 0 Å². The molecule has 0 saturated carbocycles. The molecule has 0 aromatic heterocycles. The van der Waals surface area contributed by atoms with Crippen LogP contribution in [0.2, 0.25) is 0 Å². The number of nitro benzene ring substituents is 1. The summed E-state index contributed by atoms with van der Waals surface area (Å²) in [6.45, 7) is 2.26. The van der Waals surface area contributed by atoms with Gasteiger partial charge in [-0.15, -0.1) is 0 Å². The molecule has 1 amide bonds. The molecule has 0 aliphatic carbocycles. The topological polar surface area (TPSA) is 116 Å². The SMILES string of the molecule is CCOc1cc(/C=C2\SC(=S)N(Cc3ccccc3)C2=O)ccc1OS(=O)(=O)c1ccccc1[N+](=O)[O-]. The van der Waals surface area contributed by atoms with E-state index in [0.29, 0.717) is 21.3 Å². The first kappa shape index (κ1) is 26.3. The molecule has 3 aromatic carbocycles. The van der Waals surface area contributed by atoms with Gasteiger partial charge in [0, 0.05) is 6.07 Å². The van der Waals surface area contributed by atoms with Crippen molar-refractivity contribution in [2.75, 3.05) is 6.61 Å². The largest absolute Gasteiger partial charge is 0.490 e. The second-order valence-corrected chi connectivity index (χ2v) is 10.8. The van der Waals surface area contributed by atoms with Gasteiger partial charge in [0.25, 0.3) is 11.6 Å². The van der Waals surface area contributed by atoms with Crippen LogP contribution in [0.5, 0.6) is 11.5 Å². The summed E-state index contributed by atoms with van der Waals surface area (Å²) < 4.78 is 36.9. The molecule has 37 heavy (non-hydrogen) atoms. The lowest BCUT2D eigenvalue weighted by atomic mass is 10.1. The average molecular weight is 557 g/mol. The lowest BCUT2D eigenvalue weighted by molar-refractivity contribution is -0.387. The second-order valence-electron chi connectivity index (χ2n) is 7.65. The lowest BCUT2D eigenvalue weighted by Crippen LogP contribution is -2.27. The minimum absolute atomic E-state index is 0.0955. The molecule has 0 atom stereocenters. The fourth-order valence-electron chi connectivity index (χ4n) is 3.49. The van der Waals surface area contributed by atoms with Crippen molar-refractivity contribution in [3.63, 3.8) is 0 Å². The van der Waals surface area contributed by atoms with Crippen LogP contribution in [0.4, 0.5) is 5.69 Å². The van der Waals surface area contributed by atoms with Gasteiger partial charge >= 0.3 is 10.1 Å². The van der Waals surface area contributed by atoms with Crippen molar-refractivity contribution in [1.29, 1.82) is 0 Å². The summed E-state index contributed by atoms with van der Waals surface area (Å²) in [7, 11) is -4.54. The van der Waals surface area contributed by atoms with Gasteiger partial charge in [0.05, 0.1) is 23.0 Å². The number of thioether (sulfide) groups is 1. The van der Waals surface area contributed by atoms with E-state index in [4.69, 9.17) is 21.1 Å². The molecule has 3 aromatic rings. The molecule has 1 aliphatic rings. The Morgan fingerprint density at radius 2 is 1.76 bits per heavy atom.